The topological polar surface area (TPSA) is 110 Å². The summed E-state index contributed by atoms with van der Waals surface area (Å²) in [5.41, 5.74) is 0. The summed E-state index contributed by atoms with van der Waals surface area (Å²) in [5, 5.41) is 43.6. The summed E-state index contributed by atoms with van der Waals surface area (Å²) in [6.07, 6.45) is 43.5. The lowest BCUT2D eigenvalue weighted by atomic mass is 10.00. The third-order valence-corrected chi connectivity index (χ3v) is 10.1. The van der Waals surface area contributed by atoms with Gasteiger partial charge in [0.2, 0.25) is 5.91 Å². The highest BCUT2D eigenvalue weighted by molar-refractivity contribution is 5.80. The first-order chi connectivity index (χ1) is 24.5. The van der Waals surface area contributed by atoms with Crippen LogP contribution in [0.25, 0.3) is 0 Å². The Balaban J connectivity index is 3.79. The summed E-state index contributed by atoms with van der Waals surface area (Å²) in [6.45, 7) is 4.03. The molecule has 0 aliphatic heterocycles. The van der Waals surface area contributed by atoms with E-state index in [9.17, 15) is 25.2 Å². The molecule has 0 heterocycles. The third-order valence-electron chi connectivity index (χ3n) is 10.1. The number of carbonyl (C=O) groups is 1. The minimum absolute atomic E-state index is 0.357. The Labute approximate surface area is 310 Å². The summed E-state index contributed by atoms with van der Waals surface area (Å²) in [4.78, 5) is 12.5. The molecule has 0 saturated carbocycles. The maximum atomic E-state index is 12.5. The standard InChI is InChI=1S/C44H85NO5/c1-3-5-7-9-11-13-15-17-19-21-22-24-26-28-30-32-34-36-38-42(48)44(50)45-40(39-46)43(49)41(47)37-35-33-31-29-27-25-23-20-18-16-14-12-10-8-6-4-2/h21-22,29,31,40-43,46-49H,3-20,23-28,30,32-39H2,1-2H3,(H,45,50)/b22-21-,31-29+. The van der Waals surface area contributed by atoms with Crippen molar-refractivity contribution in [1.82, 2.24) is 5.32 Å². The molecule has 0 aromatic heterocycles. The Bertz CT molecular complexity index is 757. The van der Waals surface area contributed by atoms with Crippen molar-refractivity contribution in [3.63, 3.8) is 0 Å². The number of nitrogens with one attached hydrogen (secondary N) is 1. The van der Waals surface area contributed by atoms with Crippen LogP contribution in [0.5, 0.6) is 0 Å². The molecular weight excluding hydrogens is 622 g/mol. The minimum Gasteiger partial charge on any atom is -0.394 e. The van der Waals surface area contributed by atoms with Crippen LogP contribution >= 0.6 is 0 Å². The van der Waals surface area contributed by atoms with Gasteiger partial charge in [0.1, 0.15) is 12.2 Å². The van der Waals surface area contributed by atoms with Crippen molar-refractivity contribution in [2.24, 2.45) is 0 Å². The van der Waals surface area contributed by atoms with Crippen molar-refractivity contribution in [2.75, 3.05) is 6.61 Å². The van der Waals surface area contributed by atoms with E-state index in [0.717, 1.165) is 44.9 Å². The molecule has 296 valence electrons. The van der Waals surface area contributed by atoms with Crippen molar-refractivity contribution in [1.29, 1.82) is 0 Å². The highest BCUT2D eigenvalue weighted by Gasteiger charge is 2.28. The normalized spacial score (nSPS) is 14.4. The van der Waals surface area contributed by atoms with Gasteiger partial charge >= 0.3 is 0 Å². The van der Waals surface area contributed by atoms with Crippen LogP contribution in [-0.4, -0.2) is 57.3 Å². The molecular formula is C44H85NO5. The number of hydrogen-bond acceptors (Lipinski definition) is 5. The molecule has 0 aromatic carbocycles. The van der Waals surface area contributed by atoms with Gasteiger partial charge in [-0.25, -0.2) is 0 Å². The lowest BCUT2D eigenvalue weighted by Gasteiger charge is -2.27. The Morgan fingerprint density at radius 1 is 0.480 bits per heavy atom. The molecule has 0 rings (SSSR count). The molecule has 50 heavy (non-hydrogen) atoms. The molecule has 0 radical (unpaired) electrons. The quantitative estimate of drug-likeness (QED) is 0.0323. The predicted molar refractivity (Wildman–Crippen MR) is 214 cm³/mol. The first-order valence-corrected chi connectivity index (χ1v) is 21.7. The molecule has 0 aliphatic carbocycles. The molecule has 0 fully saturated rings. The summed E-state index contributed by atoms with van der Waals surface area (Å²) >= 11 is 0. The van der Waals surface area contributed by atoms with Crippen LogP contribution in [0.2, 0.25) is 0 Å². The Morgan fingerprint density at radius 3 is 1.20 bits per heavy atom. The van der Waals surface area contributed by atoms with Gasteiger partial charge in [-0.1, -0.05) is 179 Å². The summed E-state index contributed by atoms with van der Waals surface area (Å²) in [5.74, 6) is -0.598. The minimum atomic E-state index is -1.28. The third kappa shape index (κ3) is 32.7. The first-order valence-electron chi connectivity index (χ1n) is 21.7. The number of carbonyl (C=O) groups excluding carboxylic acids is 1. The van der Waals surface area contributed by atoms with Crippen molar-refractivity contribution >= 4 is 5.91 Å². The van der Waals surface area contributed by atoms with Gasteiger partial charge in [-0.3, -0.25) is 4.79 Å². The molecule has 0 bridgehead atoms. The number of unbranched alkanes of at least 4 members (excludes halogenated alkanes) is 26. The molecule has 5 N–H and O–H groups in total. The largest absolute Gasteiger partial charge is 0.394 e. The van der Waals surface area contributed by atoms with Crippen LogP contribution < -0.4 is 5.32 Å². The molecule has 6 heteroatoms. The number of hydrogen-bond donors (Lipinski definition) is 5. The van der Waals surface area contributed by atoms with Crippen molar-refractivity contribution in [3.8, 4) is 0 Å². The van der Waals surface area contributed by atoms with Crippen LogP contribution in [0.1, 0.15) is 219 Å². The smallest absolute Gasteiger partial charge is 0.249 e. The van der Waals surface area contributed by atoms with Crippen LogP contribution in [0, 0.1) is 0 Å². The van der Waals surface area contributed by atoms with E-state index in [0.29, 0.717) is 12.8 Å². The lowest BCUT2D eigenvalue weighted by Crippen LogP contribution is -2.53. The highest BCUT2D eigenvalue weighted by atomic mass is 16.3. The Hall–Kier alpha value is -1.21. The van der Waals surface area contributed by atoms with E-state index in [-0.39, 0.29) is 0 Å². The van der Waals surface area contributed by atoms with Gasteiger partial charge in [-0.2, -0.15) is 0 Å². The molecule has 0 saturated heterocycles. The zero-order valence-corrected chi connectivity index (χ0v) is 33.2. The lowest BCUT2D eigenvalue weighted by molar-refractivity contribution is -0.132. The molecule has 1 amide bonds. The van der Waals surface area contributed by atoms with E-state index in [1.54, 1.807) is 0 Å². The van der Waals surface area contributed by atoms with E-state index in [1.165, 1.54) is 148 Å². The number of aliphatic hydroxyl groups is 4. The summed E-state index contributed by atoms with van der Waals surface area (Å²) in [7, 11) is 0. The number of allylic oxidation sites excluding steroid dienone is 4. The zero-order valence-electron chi connectivity index (χ0n) is 33.2. The SMILES string of the molecule is CCCCCCCCCC/C=C\CCCCCCCCC(O)C(=O)NC(CO)C(O)C(O)CCC/C=C/CCCCCCCCCCCCC. The second kappa shape index (κ2) is 39.0. The fourth-order valence-electron chi connectivity index (χ4n) is 6.63. The number of aliphatic hydroxyl groups excluding tert-OH is 4. The predicted octanol–water partition coefficient (Wildman–Crippen LogP) is 11.2. The van der Waals surface area contributed by atoms with Gasteiger partial charge in [0.15, 0.2) is 0 Å². The average molecular weight is 708 g/mol. The van der Waals surface area contributed by atoms with Crippen LogP contribution in [0.15, 0.2) is 24.3 Å². The van der Waals surface area contributed by atoms with E-state index >= 15 is 0 Å². The van der Waals surface area contributed by atoms with Crippen LogP contribution in [0.3, 0.4) is 0 Å². The molecule has 0 aliphatic rings. The fourth-order valence-corrected chi connectivity index (χ4v) is 6.63. The van der Waals surface area contributed by atoms with E-state index in [1.807, 2.05) is 0 Å². The van der Waals surface area contributed by atoms with E-state index in [4.69, 9.17) is 0 Å². The molecule has 4 atom stereocenters. The highest BCUT2D eigenvalue weighted by Crippen LogP contribution is 2.15. The average Bonchev–Trinajstić information content (AvgIpc) is 3.12. The van der Waals surface area contributed by atoms with Gasteiger partial charge in [0, 0.05) is 0 Å². The monoisotopic (exact) mass is 708 g/mol. The van der Waals surface area contributed by atoms with E-state index in [2.05, 4.69) is 43.5 Å². The van der Waals surface area contributed by atoms with Gasteiger partial charge in [0.05, 0.1) is 18.8 Å². The Morgan fingerprint density at radius 2 is 0.820 bits per heavy atom. The Kier molecular flexibility index (Phi) is 38.1. The van der Waals surface area contributed by atoms with Crippen LogP contribution in [0.4, 0.5) is 0 Å². The van der Waals surface area contributed by atoms with Gasteiger partial charge < -0.3 is 25.7 Å². The van der Waals surface area contributed by atoms with Crippen molar-refractivity contribution in [3.05, 3.63) is 24.3 Å². The van der Waals surface area contributed by atoms with Crippen LogP contribution in [-0.2, 0) is 4.79 Å². The van der Waals surface area contributed by atoms with Crippen molar-refractivity contribution < 1.29 is 25.2 Å². The van der Waals surface area contributed by atoms with Crippen molar-refractivity contribution in [2.45, 2.75) is 244 Å². The molecule has 0 spiro atoms. The number of rotatable bonds is 39. The maximum Gasteiger partial charge on any atom is 0.249 e. The van der Waals surface area contributed by atoms with Gasteiger partial charge in [-0.15, -0.1) is 0 Å². The van der Waals surface area contributed by atoms with Gasteiger partial charge in [-0.05, 0) is 64.2 Å². The molecule has 4 unspecified atom stereocenters. The maximum absolute atomic E-state index is 12.5. The van der Waals surface area contributed by atoms with Gasteiger partial charge in [0.25, 0.3) is 0 Å². The molecule has 0 aromatic rings. The summed E-state index contributed by atoms with van der Waals surface area (Å²) < 4.78 is 0. The summed E-state index contributed by atoms with van der Waals surface area (Å²) in [6, 6.07) is -1.00. The first kappa shape index (κ1) is 48.8. The zero-order chi connectivity index (χ0) is 36.8. The number of amides is 1. The fraction of sp³-hybridized carbons (Fsp3) is 0.886. The molecule has 6 nitrogen and oxygen atoms in total. The second-order valence-electron chi connectivity index (χ2n) is 15.0. The van der Waals surface area contributed by atoms with E-state index < -0.39 is 36.9 Å². The second-order valence-corrected chi connectivity index (χ2v) is 15.0.